The van der Waals surface area contributed by atoms with Crippen LogP contribution in [0, 0.1) is 0 Å². The Labute approximate surface area is 95.8 Å². The van der Waals surface area contributed by atoms with Gasteiger partial charge in [0.15, 0.2) is 0 Å². The van der Waals surface area contributed by atoms with Crippen molar-refractivity contribution >= 4 is 21.7 Å². The van der Waals surface area contributed by atoms with Crippen LogP contribution in [0.3, 0.4) is 0 Å². The Hall–Kier alpha value is 0.527. The molecule has 1 heterocycles. The second-order valence-electron chi connectivity index (χ2n) is 4.14. The number of unbranched alkanes of at least 4 members (excludes halogenated alkanes) is 3. The van der Waals surface area contributed by atoms with Gasteiger partial charge in [0.05, 0.1) is 0 Å². The van der Waals surface area contributed by atoms with Gasteiger partial charge in [-0.3, -0.25) is 0 Å². The van der Waals surface area contributed by atoms with E-state index in [2.05, 4.69) is 6.92 Å². The quantitative estimate of drug-likeness (QED) is 0.417. The van der Waals surface area contributed by atoms with Gasteiger partial charge in [0.25, 0.3) is 0 Å². The van der Waals surface area contributed by atoms with Gasteiger partial charge in [0.1, 0.15) is 0 Å². The van der Waals surface area contributed by atoms with Crippen LogP contribution in [0.4, 0.5) is 0 Å². The van der Waals surface area contributed by atoms with Crippen LogP contribution in [0.25, 0.3) is 0 Å². The molecule has 0 N–H and O–H groups in total. The Balaban J connectivity index is 2.04. The van der Waals surface area contributed by atoms with Crippen LogP contribution in [-0.2, 0) is 4.43 Å². The van der Waals surface area contributed by atoms with Gasteiger partial charge >= 0.3 is 0 Å². The van der Waals surface area contributed by atoms with Gasteiger partial charge < -0.3 is 4.43 Å². The van der Waals surface area contributed by atoms with Crippen molar-refractivity contribution < 1.29 is 4.43 Å². The lowest BCUT2D eigenvalue weighted by atomic mass is 10.2. The first-order valence-electron chi connectivity index (χ1n) is 6.01. The van der Waals surface area contributed by atoms with E-state index in [-0.39, 0.29) is 0 Å². The molecule has 1 nitrogen and oxygen atoms in total. The van der Waals surface area contributed by atoms with Crippen molar-refractivity contribution in [1.82, 2.24) is 0 Å². The average Bonchev–Trinajstić information content (AvgIpc) is 2.25. The Morgan fingerprint density at radius 1 is 1.29 bits per heavy atom. The summed E-state index contributed by atoms with van der Waals surface area (Å²) in [5, 5.41) is 0. The third kappa shape index (κ3) is 4.85. The summed E-state index contributed by atoms with van der Waals surface area (Å²) in [7, 11) is -0.549. The van der Waals surface area contributed by atoms with Gasteiger partial charge in [-0.25, -0.2) is 0 Å². The standard InChI is InChI=1S/C11H23OSSi/c1-2-3-4-5-8-11(13)14-10-7-6-9-12-14/h11,13H,2-10H2,1H3. The van der Waals surface area contributed by atoms with Gasteiger partial charge in [-0.1, -0.05) is 39.0 Å². The summed E-state index contributed by atoms with van der Waals surface area (Å²) in [5.41, 5.74) is 0. The predicted molar refractivity (Wildman–Crippen MR) is 67.3 cm³/mol. The summed E-state index contributed by atoms with van der Waals surface area (Å²) < 4.78 is 5.82. The fourth-order valence-electron chi connectivity index (χ4n) is 1.86. The molecule has 0 aromatic heterocycles. The summed E-state index contributed by atoms with van der Waals surface area (Å²) in [6.07, 6.45) is 9.35. The molecule has 1 radical (unpaired) electrons. The van der Waals surface area contributed by atoms with E-state index in [0.717, 1.165) is 6.61 Å². The van der Waals surface area contributed by atoms with E-state index < -0.39 is 9.04 Å². The maximum atomic E-state index is 5.82. The number of hydrogen-bond donors (Lipinski definition) is 1. The van der Waals surface area contributed by atoms with Crippen LogP contribution in [0.5, 0.6) is 0 Å². The highest BCUT2D eigenvalue weighted by Gasteiger charge is 2.24. The van der Waals surface area contributed by atoms with Gasteiger partial charge in [0, 0.05) is 11.5 Å². The second-order valence-corrected chi connectivity index (χ2v) is 7.66. The summed E-state index contributed by atoms with van der Waals surface area (Å²) >= 11 is 4.70. The lowest BCUT2D eigenvalue weighted by molar-refractivity contribution is 0.284. The van der Waals surface area contributed by atoms with Crippen molar-refractivity contribution in [3.63, 3.8) is 0 Å². The molecule has 0 aromatic carbocycles. The molecule has 0 bridgehead atoms. The minimum Gasteiger partial charge on any atom is -0.415 e. The molecular formula is C11H23OSSi. The minimum atomic E-state index is -0.549. The number of rotatable bonds is 6. The van der Waals surface area contributed by atoms with E-state index in [0.29, 0.717) is 4.87 Å². The van der Waals surface area contributed by atoms with Crippen molar-refractivity contribution in [1.29, 1.82) is 0 Å². The highest BCUT2D eigenvalue weighted by atomic mass is 32.1. The molecule has 0 aliphatic carbocycles. The summed E-state index contributed by atoms with van der Waals surface area (Å²) in [5.74, 6) is 0. The summed E-state index contributed by atoms with van der Waals surface area (Å²) in [4.78, 5) is 0.581. The van der Waals surface area contributed by atoms with Gasteiger partial charge in [-0.15, -0.1) is 0 Å². The van der Waals surface area contributed by atoms with Crippen LogP contribution >= 0.6 is 12.6 Å². The molecule has 0 spiro atoms. The van der Waals surface area contributed by atoms with Crippen LogP contribution in [-0.4, -0.2) is 20.5 Å². The Kier molecular flexibility index (Phi) is 6.99. The fourth-order valence-corrected chi connectivity index (χ4v) is 4.86. The van der Waals surface area contributed by atoms with Crippen LogP contribution in [0.1, 0.15) is 51.9 Å². The zero-order chi connectivity index (χ0) is 10.2. The highest BCUT2D eigenvalue weighted by Crippen LogP contribution is 2.20. The molecule has 1 saturated heterocycles. The molecule has 1 aliphatic rings. The molecule has 1 rings (SSSR count). The first-order chi connectivity index (χ1) is 6.84. The maximum Gasteiger partial charge on any atom is 0.224 e. The topological polar surface area (TPSA) is 9.23 Å². The molecule has 3 heteroatoms. The molecule has 83 valence electrons. The second kappa shape index (κ2) is 7.77. The van der Waals surface area contributed by atoms with Crippen LogP contribution < -0.4 is 0 Å². The van der Waals surface area contributed by atoms with E-state index in [1.807, 2.05) is 0 Å². The highest BCUT2D eigenvalue weighted by molar-refractivity contribution is 7.82. The zero-order valence-electron chi connectivity index (χ0n) is 9.30. The molecular weight excluding hydrogens is 208 g/mol. The van der Waals surface area contributed by atoms with E-state index in [9.17, 15) is 0 Å². The van der Waals surface area contributed by atoms with Crippen molar-refractivity contribution in [2.24, 2.45) is 0 Å². The summed E-state index contributed by atoms with van der Waals surface area (Å²) in [6.45, 7) is 3.26. The maximum absolute atomic E-state index is 5.82. The number of hydrogen-bond acceptors (Lipinski definition) is 2. The van der Waals surface area contributed by atoms with E-state index in [1.165, 1.54) is 51.0 Å². The monoisotopic (exact) mass is 231 g/mol. The van der Waals surface area contributed by atoms with E-state index in [4.69, 9.17) is 17.1 Å². The predicted octanol–water partition coefficient (Wildman–Crippen LogP) is 3.60. The lowest BCUT2D eigenvalue weighted by Crippen LogP contribution is -2.33. The molecule has 0 saturated carbocycles. The van der Waals surface area contributed by atoms with Crippen LogP contribution in [0.2, 0.25) is 6.04 Å². The molecule has 1 fully saturated rings. The summed E-state index contributed by atoms with van der Waals surface area (Å²) in [6, 6.07) is 1.33. The van der Waals surface area contributed by atoms with Crippen molar-refractivity contribution in [2.75, 3.05) is 6.61 Å². The SMILES string of the molecule is CCCCCCC(S)[Si]1CCCCO1. The smallest absolute Gasteiger partial charge is 0.224 e. The van der Waals surface area contributed by atoms with Gasteiger partial charge in [-0.2, -0.15) is 12.6 Å². The molecule has 0 amide bonds. The third-order valence-electron chi connectivity index (χ3n) is 2.81. The fraction of sp³-hybridized carbons (Fsp3) is 1.00. The normalized spacial score (nSPS) is 21.0. The van der Waals surface area contributed by atoms with Crippen molar-refractivity contribution in [2.45, 2.75) is 62.8 Å². The van der Waals surface area contributed by atoms with Crippen molar-refractivity contribution in [3.05, 3.63) is 0 Å². The first-order valence-corrected chi connectivity index (χ1v) is 8.22. The molecule has 14 heavy (non-hydrogen) atoms. The Morgan fingerprint density at radius 3 is 2.79 bits per heavy atom. The Bertz CT molecular complexity index is 137. The van der Waals surface area contributed by atoms with Crippen molar-refractivity contribution in [3.8, 4) is 0 Å². The molecule has 1 aliphatic heterocycles. The van der Waals surface area contributed by atoms with E-state index in [1.54, 1.807) is 0 Å². The zero-order valence-corrected chi connectivity index (χ0v) is 11.2. The first kappa shape index (κ1) is 12.6. The third-order valence-corrected chi connectivity index (χ3v) is 6.38. The molecule has 1 unspecified atom stereocenters. The largest absolute Gasteiger partial charge is 0.415 e. The van der Waals surface area contributed by atoms with Gasteiger partial charge in [-0.05, 0) is 18.9 Å². The Morgan fingerprint density at radius 2 is 2.14 bits per heavy atom. The van der Waals surface area contributed by atoms with Gasteiger partial charge in [0.2, 0.25) is 9.04 Å². The number of thiol groups is 1. The van der Waals surface area contributed by atoms with Crippen LogP contribution in [0.15, 0.2) is 0 Å². The lowest BCUT2D eigenvalue weighted by Gasteiger charge is -2.25. The van der Waals surface area contributed by atoms with E-state index >= 15 is 0 Å². The molecule has 1 atom stereocenters. The molecule has 0 aromatic rings. The minimum absolute atomic E-state index is 0.549. The average molecular weight is 231 g/mol.